The molecule has 0 aliphatic heterocycles. The smallest absolute Gasteiger partial charge is 0.338 e. The van der Waals surface area contributed by atoms with Crippen LogP contribution in [0, 0.1) is 10.5 Å². The fraction of sp³-hybridized carbons (Fsp3) is 0.222. The summed E-state index contributed by atoms with van der Waals surface area (Å²) >= 11 is 5.53. The van der Waals surface area contributed by atoms with E-state index in [1.165, 1.54) is 7.11 Å². The highest BCUT2D eigenvalue weighted by Gasteiger charge is 2.12. The Morgan fingerprint density at radius 3 is 2.69 bits per heavy atom. The number of esters is 1. The van der Waals surface area contributed by atoms with Gasteiger partial charge in [0.1, 0.15) is 0 Å². The third kappa shape index (κ3) is 2.22. The molecular weight excluding hydrogens is 347 g/mol. The number of carbonyl (C=O) groups is 1. The van der Waals surface area contributed by atoms with Crippen molar-refractivity contribution >= 4 is 44.5 Å². The van der Waals surface area contributed by atoms with Crippen molar-refractivity contribution in [2.75, 3.05) is 7.11 Å². The predicted octanol–water partition coefficient (Wildman–Crippen LogP) is 3.15. The third-order valence-corrected chi connectivity index (χ3v) is 3.97. The van der Waals surface area contributed by atoms with E-state index in [2.05, 4.69) is 43.3 Å². The van der Waals surface area contributed by atoms with E-state index in [0.29, 0.717) is 5.56 Å². The van der Waals surface area contributed by atoms with Gasteiger partial charge in [-0.05, 0) is 47.2 Å². The Labute approximate surface area is 98.9 Å². The first-order chi connectivity index (χ1) is 6.07. The molecule has 0 spiro atoms. The maximum Gasteiger partial charge on any atom is 0.338 e. The molecule has 0 amide bonds. The Morgan fingerprint density at radius 1 is 1.54 bits per heavy atom. The van der Waals surface area contributed by atoms with Gasteiger partial charge >= 0.3 is 5.97 Å². The highest BCUT2D eigenvalue weighted by atomic mass is 127. The molecule has 0 saturated heterocycles. The Balaban J connectivity index is 3.26. The molecule has 70 valence electrons. The van der Waals surface area contributed by atoms with Crippen molar-refractivity contribution in [3.63, 3.8) is 0 Å². The standard InChI is InChI=1S/C9H8BrIO2/c1-5-7(10)4-3-6(8(5)11)9(12)13-2/h3-4H,1-2H3. The average molecular weight is 355 g/mol. The molecule has 0 atom stereocenters. The Hall–Kier alpha value is -0.100. The molecule has 4 heteroatoms. The van der Waals surface area contributed by atoms with Crippen LogP contribution in [0.3, 0.4) is 0 Å². The molecule has 1 rings (SSSR count). The topological polar surface area (TPSA) is 26.3 Å². The van der Waals surface area contributed by atoms with Gasteiger partial charge in [-0.2, -0.15) is 0 Å². The quantitative estimate of drug-likeness (QED) is 0.572. The van der Waals surface area contributed by atoms with Gasteiger partial charge in [-0.3, -0.25) is 0 Å². The van der Waals surface area contributed by atoms with Crippen LogP contribution in [0.5, 0.6) is 0 Å². The molecule has 0 aromatic heterocycles. The molecule has 0 fully saturated rings. The summed E-state index contributed by atoms with van der Waals surface area (Å²) in [5, 5.41) is 0. The molecule has 0 heterocycles. The number of hydrogen-bond donors (Lipinski definition) is 0. The van der Waals surface area contributed by atoms with Gasteiger partial charge in [0.05, 0.1) is 12.7 Å². The minimum Gasteiger partial charge on any atom is -0.465 e. The first-order valence-corrected chi connectivity index (χ1v) is 5.48. The van der Waals surface area contributed by atoms with Crippen molar-refractivity contribution in [1.82, 2.24) is 0 Å². The highest BCUT2D eigenvalue weighted by Crippen LogP contribution is 2.24. The minimum absolute atomic E-state index is 0.292. The molecule has 2 nitrogen and oxygen atoms in total. The zero-order chi connectivity index (χ0) is 10.0. The minimum atomic E-state index is -0.292. The van der Waals surface area contributed by atoms with E-state index in [9.17, 15) is 4.79 Å². The lowest BCUT2D eigenvalue weighted by Crippen LogP contribution is -2.04. The molecule has 0 saturated carbocycles. The second-order valence-corrected chi connectivity index (χ2v) is 4.46. The summed E-state index contributed by atoms with van der Waals surface area (Å²) in [4.78, 5) is 11.3. The number of ether oxygens (including phenoxy) is 1. The molecule has 0 aliphatic carbocycles. The maximum atomic E-state index is 11.3. The lowest BCUT2D eigenvalue weighted by Gasteiger charge is -2.06. The number of methoxy groups -OCH3 is 1. The molecule has 0 aliphatic rings. The van der Waals surface area contributed by atoms with Crippen molar-refractivity contribution in [3.8, 4) is 0 Å². The van der Waals surface area contributed by atoms with Crippen LogP contribution in [-0.4, -0.2) is 13.1 Å². The highest BCUT2D eigenvalue weighted by molar-refractivity contribution is 14.1. The summed E-state index contributed by atoms with van der Waals surface area (Å²) in [5.74, 6) is -0.292. The predicted molar refractivity (Wildman–Crippen MR) is 62.9 cm³/mol. The third-order valence-electron chi connectivity index (χ3n) is 1.73. The van der Waals surface area contributed by atoms with Crippen LogP contribution in [0.15, 0.2) is 16.6 Å². The summed E-state index contributed by atoms with van der Waals surface area (Å²) in [6, 6.07) is 3.61. The van der Waals surface area contributed by atoms with Gasteiger partial charge in [0.25, 0.3) is 0 Å². The van der Waals surface area contributed by atoms with Gasteiger partial charge in [0.2, 0.25) is 0 Å². The number of hydrogen-bond acceptors (Lipinski definition) is 2. The molecule has 0 N–H and O–H groups in total. The monoisotopic (exact) mass is 354 g/mol. The number of rotatable bonds is 1. The van der Waals surface area contributed by atoms with Crippen molar-refractivity contribution in [2.45, 2.75) is 6.92 Å². The fourth-order valence-corrected chi connectivity index (χ4v) is 2.32. The molecule has 1 aromatic carbocycles. The zero-order valence-corrected chi connectivity index (χ0v) is 11.0. The number of halogens is 2. The normalized spacial score (nSPS) is 9.85. The summed E-state index contributed by atoms with van der Waals surface area (Å²) in [5.41, 5.74) is 1.67. The summed E-state index contributed by atoms with van der Waals surface area (Å²) in [6.07, 6.45) is 0. The van der Waals surface area contributed by atoms with Gasteiger partial charge < -0.3 is 4.74 Å². The molecular formula is C9H8BrIO2. The summed E-state index contributed by atoms with van der Waals surface area (Å²) < 4.78 is 6.59. The number of carbonyl (C=O) groups excluding carboxylic acids is 1. The van der Waals surface area contributed by atoms with Gasteiger partial charge in [-0.15, -0.1) is 0 Å². The van der Waals surface area contributed by atoms with E-state index in [4.69, 9.17) is 0 Å². The van der Waals surface area contributed by atoms with Crippen LogP contribution in [0.1, 0.15) is 15.9 Å². The van der Waals surface area contributed by atoms with Crippen molar-refractivity contribution in [1.29, 1.82) is 0 Å². The average Bonchev–Trinajstić information content (AvgIpc) is 2.13. The van der Waals surface area contributed by atoms with Crippen molar-refractivity contribution in [2.24, 2.45) is 0 Å². The molecule has 0 bridgehead atoms. The van der Waals surface area contributed by atoms with Crippen LogP contribution in [-0.2, 0) is 4.74 Å². The van der Waals surface area contributed by atoms with E-state index in [-0.39, 0.29) is 5.97 Å². The van der Waals surface area contributed by atoms with Crippen molar-refractivity contribution in [3.05, 3.63) is 31.3 Å². The van der Waals surface area contributed by atoms with Crippen LogP contribution < -0.4 is 0 Å². The Morgan fingerprint density at radius 2 is 2.15 bits per heavy atom. The first kappa shape index (κ1) is 11.0. The second kappa shape index (κ2) is 4.41. The molecule has 13 heavy (non-hydrogen) atoms. The van der Waals surface area contributed by atoms with E-state index < -0.39 is 0 Å². The summed E-state index contributed by atoms with van der Waals surface area (Å²) in [6.45, 7) is 1.96. The van der Waals surface area contributed by atoms with Crippen LogP contribution >= 0.6 is 38.5 Å². The van der Waals surface area contributed by atoms with Gasteiger partial charge in [0.15, 0.2) is 0 Å². The van der Waals surface area contributed by atoms with Crippen LogP contribution in [0.4, 0.5) is 0 Å². The van der Waals surface area contributed by atoms with Crippen molar-refractivity contribution < 1.29 is 9.53 Å². The van der Waals surface area contributed by atoms with Gasteiger partial charge in [-0.25, -0.2) is 4.79 Å². The lowest BCUT2D eigenvalue weighted by atomic mass is 10.1. The SMILES string of the molecule is COC(=O)c1ccc(Br)c(C)c1I. The van der Waals surface area contributed by atoms with Gasteiger partial charge in [0, 0.05) is 8.04 Å². The van der Waals surface area contributed by atoms with E-state index in [1.54, 1.807) is 6.07 Å². The largest absolute Gasteiger partial charge is 0.465 e. The van der Waals surface area contributed by atoms with Crippen LogP contribution in [0.2, 0.25) is 0 Å². The second-order valence-electron chi connectivity index (χ2n) is 2.53. The van der Waals surface area contributed by atoms with E-state index >= 15 is 0 Å². The summed E-state index contributed by atoms with van der Waals surface area (Å²) in [7, 11) is 1.38. The van der Waals surface area contributed by atoms with Crippen LogP contribution in [0.25, 0.3) is 0 Å². The fourth-order valence-electron chi connectivity index (χ4n) is 0.929. The Bertz CT molecular complexity index is 350. The first-order valence-electron chi connectivity index (χ1n) is 3.61. The molecule has 0 unspecified atom stereocenters. The van der Waals surface area contributed by atoms with E-state index in [0.717, 1.165) is 13.6 Å². The van der Waals surface area contributed by atoms with E-state index in [1.807, 2.05) is 13.0 Å². The molecule has 0 radical (unpaired) electrons. The zero-order valence-electron chi connectivity index (χ0n) is 7.23. The maximum absolute atomic E-state index is 11.3. The lowest BCUT2D eigenvalue weighted by molar-refractivity contribution is 0.0599. The Kier molecular flexibility index (Phi) is 3.73. The van der Waals surface area contributed by atoms with Gasteiger partial charge in [-0.1, -0.05) is 15.9 Å². The number of benzene rings is 1. The molecule has 1 aromatic rings.